The molecule has 0 radical (unpaired) electrons. The van der Waals surface area contributed by atoms with Crippen LogP contribution in [0.15, 0.2) is 5.38 Å². The second kappa shape index (κ2) is 8.00. The molecule has 3 aliphatic heterocycles. The molecule has 29 heavy (non-hydrogen) atoms. The number of amides is 1. The van der Waals surface area contributed by atoms with Gasteiger partial charge in [0.15, 0.2) is 0 Å². The predicted molar refractivity (Wildman–Crippen MR) is 110 cm³/mol. The Kier molecular flexibility index (Phi) is 5.39. The van der Waals surface area contributed by atoms with Crippen molar-refractivity contribution in [2.24, 2.45) is 5.41 Å². The van der Waals surface area contributed by atoms with Gasteiger partial charge < -0.3 is 14.4 Å². The normalized spacial score (nSPS) is 27.1. The van der Waals surface area contributed by atoms with E-state index in [9.17, 15) is 9.59 Å². The third-order valence-electron chi connectivity index (χ3n) is 7.19. The van der Waals surface area contributed by atoms with E-state index in [1.165, 1.54) is 23.3 Å². The fraction of sp³-hybridized carbons (Fsp3) is 0.727. The first-order valence-corrected chi connectivity index (χ1v) is 11.9. The SMILES string of the molecule is O=C(c1csc2c1CCCC2)N1CCC2(CC1)CC(CN1CCOCC1)OC2=O. The highest BCUT2D eigenvalue weighted by molar-refractivity contribution is 7.10. The van der Waals surface area contributed by atoms with Crippen LogP contribution in [0.4, 0.5) is 0 Å². The lowest BCUT2D eigenvalue weighted by atomic mass is 9.76. The molecule has 0 bridgehead atoms. The van der Waals surface area contributed by atoms with Gasteiger partial charge in [-0.25, -0.2) is 0 Å². The maximum absolute atomic E-state index is 13.1. The molecule has 1 atom stereocenters. The molecule has 0 N–H and O–H groups in total. The smallest absolute Gasteiger partial charge is 0.312 e. The molecule has 1 unspecified atom stereocenters. The average Bonchev–Trinajstić information content (AvgIpc) is 3.30. The zero-order valence-corrected chi connectivity index (χ0v) is 17.8. The number of ether oxygens (including phenoxy) is 2. The summed E-state index contributed by atoms with van der Waals surface area (Å²) in [6.45, 7) is 5.46. The van der Waals surface area contributed by atoms with Gasteiger partial charge in [-0.2, -0.15) is 0 Å². The third kappa shape index (κ3) is 3.73. The van der Waals surface area contributed by atoms with Crippen LogP contribution in [0.5, 0.6) is 0 Å². The molecule has 4 heterocycles. The molecule has 0 aromatic carbocycles. The number of carbonyl (C=O) groups is 2. The Bertz CT molecular complexity index is 778. The number of rotatable bonds is 3. The highest BCUT2D eigenvalue weighted by Gasteiger charge is 2.51. The van der Waals surface area contributed by atoms with Gasteiger partial charge in [-0.1, -0.05) is 0 Å². The van der Waals surface area contributed by atoms with Crippen molar-refractivity contribution in [3.63, 3.8) is 0 Å². The molecule has 3 saturated heterocycles. The summed E-state index contributed by atoms with van der Waals surface area (Å²) < 4.78 is 11.2. The second-order valence-corrected chi connectivity index (χ2v) is 9.94. The van der Waals surface area contributed by atoms with Crippen molar-refractivity contribution in [1.82, 2.24) is 9.80 Å². The van der Waals surface area contributed by atoms with Crippen molar-refractivity contribution in [2.45, 2.75) is 51.0 Å². The molecule has 5 rings (SSSR count). The molecule has 1 amide bonds. The average molecular weight is 419 g/mol. The first-order valence-electron chi connectivity index (χ1n) is 11.0. The number of hydrogen-bond acceptors (Lipinski definition) is 6. The lowest BCUT2D eigenvalue weighted by molar-refractivity contribution is -0.151. The second-order valence-electron chi connectivity index (χ2n) is 8.98. The molecule has 4 aliphatic rings. The van der Waals surface area contributed by atoms with E-state index in [0.29, 0.717) is 13.1 Å². The summed E-state index contributed by atoms with van der Waals surface area (Å²) >= 11 is 1.75. The minimum atomic E-state index is -0.387. The van der Waals surface area contributed by atoms with Gasteiger partial charge in [0, 0.05) is 49.4 Å². The van der Waals surface area contributed by atoms with Crippen LogP contribution in [0.3, 0.4) is 0 Å². The summed E-state index contributed by atoms with van der Waals surface area (Å²) in [5, 5.41) is 2.06. The maximum Gasteiger partial charge on any atom is 0.312 e. The maximum atomic E-state index is 13.1. The summed E-state index contributed by atoms with van der Waals surface area (Å²) in [5.41, 5.74) is 1.82. The van der Waals surface area contributed by atoms with Crippen LogP contribution in [0.2, 0.25) is 0 Å². The van der Waals surface area contributed by atoms with E-state index in [2.05, 4.69) is 10.3 Å². The van der Waals surface area contributed by atoms with E-state index in [1.54, 1.807) is 11.3 Å². The number of likely N-dealkylation sites (tertiary alicyclic amines) is 1. The Hall–Kier alpha value is -1.44. The topological polar surface area (TPSA) is 59.1 Å². The van der Waals surface area contributed by atoms with Crippen LogP contribution in [-0.4, -0.2) is 73.7 Å². The molecule has 158 valence electrons. The van der Waals surface area contributed by atoms with Gasteiger partial charge in [-0.3, -0.25) is 14.5 Å². The predicted octanol–water partition coefficient (Wildman–Crippen LogP) is 2.50. The number of morpholine rings is 1. The van der Waals surface area contributed by atoms with Gasteiger partial charge in [-0.15, -0.1) is 11.3 Å². The van der Waals surface area contributed by atoms with Gasteiger partial charge in [-0.05, 0) is 44.1 Å². The third-order valence-corrected chi connectivity index (χ3v) is 8.28. The number of fused-ring (bicyclic) bond motifs is 1. The lowest BCUT2D eigenvalue weighted by Gasteiger charge is -2.36. The zero-order chi connectivity index (χ0) is 19.8. The molecule has 6 nitrogen and oxygen atoms in total. The standard InChI is InChI=1S/C22H30N2O4S/c25-20(18-15-29-19-4-2-1-3-17(18)19)24-7-5-22(6-8-24)13-16(28-21(22)26)14-23-9-11-27-12-10-23/h15-16H,1-14H2. The summed E-state index contributed by atoms with van der Waals surface area (Å²) in [5.74, 6) is 0.117. The van der Waals surface area contributed by atoms with E-state index >= 15 is 0 Å². The van der Waals surface area contributed by atoms with E-state index in [1.807, 2.05) is 4.90 Å². The number of piperidine rings is 1. The van der Waals surface area contributed by atoms with E-state index in [0.717, 1.165) is 70.5 Å². The molecule has 1 aromatic rings. The highest BCUT2D eigenvalue weighted by atomic mass is 32.1. The van der Waals surface area contributed by atoms with Crippen molar-refractivity contribution in [1.29, 1.82) is 0 Å². The summed E-state index contributed by atoms with van der Waals surface area (Å²) in [6.07, 6.45) is 6.79. The quantitative estimate of drug-likeness (QED) is 0.706. The number of thiophene rings is 1. The van der Waals surface area contributed by atoms with Crippen molar-refractivity contribution in [3.05, 3.63) is 21.4 Å². The first-order chi connectivity index (χ1) is 14.1. The highest BCUT2D eigenvalue weighted by Crippen LogP contribution is 2.44. The van der Waals surface area contributed by atoms with Crippen LogP contribution < -0.4 is 0 Å². The van der Waals surface area contributed by atoms with Crippen LogP contribution in [0, 0.1) is 5.41 Å². The van der Waals surface area contributed by atoms with E-state index in [-0.39, 0.29) is 23.4 Å². The van der Waals surface area contributed by atoms with Crippen LogP contribution >= 0.6 is 11.3 Å². The molecule has 1 aliphatic carbocycles. The Morgan fingerprint density at radius 1 is 1.14 bits per heavy atom. The molecule has 1 aromatic heterocycles. The number of hydrogen-bond donors (Lipinski definition) is 0. The Labute approximate surface area is 176 Å². The molecular weight excluding hydrogens is 388 g/mol. The molecule has 0 saturated carbocycles. The zero-order valence-electron chi connectivity index (χ0n) is 17.0. The van der Waals surface area contributed by atoms with E-state index < -0.39 is 0 Å². The van der Waals surface area contributed by atoms with Crippen molar-refractivity contribution < 1.29 is 19.1 Å². The van der Waals surface area contributed by atoms with Gasteiger partial charge >= 0.3 is 5.97 Å². The molecule has 1 spiro atoms. The largest absolute Gasteiger partial charge is 0.461 e. The minimum Gasteiger partial charge on any atom is -0.461 e. The summed E-state index contributed by atoms with van der Waals surface area (Å²) in [7, 11) is 0. The number of aryl methyl sites for hydroxylation is 1. The lowest BCUT2D eigenvalue weighted by Crippen LogP contribution is -2.45. The van der Waals surface area contributed by atoms with Gasteiger partial charge in [0.2, 0.25) is 0 Å². The number of cyclic esters (lactones) is 1. The van der Waals surface area contributed by atoms with Crippen molar-refractivity contribution in [2.75, 3.05) is 45.9 Å². The summed E-state index contributed by atoms with van der Waals surface area (Å²) in [4.78, 5) is 31.6. The minimum absolute atomic E-state index is 0.0215. The van der Waals surface area contributed by atoms with Crippen LogP contribution in [-0.2, 0) is 27.1 Å². The Morgan fingerprint density at radius 3 is 2.69 bits per heavy atom. The Morgan fingerprint density at radius 2 is 1.90 bits per heavy atom. The Balaban J connectivity index is 1.20. The first kappa shape index (κ1) is 19.5. The van der Waals surface area contributed by atoms with Crippen LogP contribution in [0.1, 0.15) is 52.9 Å². The van der Waals surface area contributed by atoms with Crippen molar-refractivity contribution >= 4 is 23.2 Å². The number of carbonyl (C=O) groups excluding carboxylic acids is 2. The number of nitrogens with zero attached hydrogens (tertiary/aromatic N) is 2. The molecule has 7 heteroatoms. The van der Waals surface area contributed by atoms with Gasteiger partial charge in [0.1, 0.15) is 6.10 Å². The molecule has 3 fully saturated rings. The van der Waals surface area contributed by atoms with Gasteiger partial charge in [0.25, 0.3) is 5.91 Å². The van der Waals surface area contributed by atoms with Crippen LogP contribution in [0.25, 0.3) is 0 Å². The van der Waals surface area contributed by atoms with Crippen molar-refractivity contribution in [3.8, 4) is 0 Å². The molecular formula is C22H30N2O4S. The fourth-order valence-corrected chi connectivity index (χ4v) is 6.52. The van der Waals surface area contributed by atoms with E-state index in [4.69, 9.17) is 9.47 Å². The fourth-order valence-electron chi connectivity index (χ4n) is 5.40. The summed E-state index contributed by atoms with van der Waals surface area (Å²) in [6, 6.07) is 0. The van der Waals surface area contributed by atoms with Gasteiger partial charge in [0.05, 0.1) is 24.2 Å². The number of esters is 1. The monoisotopic (exact) mass is 418 g/mol.